The van der Waals surface area contributed by atoms with Gasteiger partial charge in [0.1, 0.15) is 24.7 Å². The van der Waals surface area contributed by atoms with Gasteiger partial charge in [-0.1, -0.05) is 25.1 Å². The first kappa shape index (κ1) is 17.3. The molecule has 0 aromatic heterocycles. The first-order valence-corrected chi connectivity index (χ1v) is 8.27. The van der Waals surface area contributed by atoms with Gasteiger partial charge in [-0.2, -0.15) is 0 Å². The van der Waals surface area contributed by atoms with E-state index in [4.69, 9.17) is 14.2 Å². The Labute approximate surface area is 144 Å². The third-order valence-electron chi connectivity index (χ3n) is 2.96. The van der Waals surface area contributed by atoms with Gasteiger partial charge >= 0.3 is 5.97 Å². The second-order valence-electron chi connectivity index (χ2n) is 4.79. The molecule has 0 atom stereocenters. The van der Waals surface area contributed by atoms with Gasteiger partial charge in [-0.15, -0.1) is 0 Å². The molecule has 23 heavy (non-hydrogen) atoms. The number of benzene rings is 2. The third-order valence-corrected chi connectivity index (χ3v) is 3.58. The van der Waals surface area contributed by atoms with Crippen LogP contribution in [0.3, 0.4) is 0 Å². The highest BCUT2D eigenvalue weighted by Gasteiger charge is 2.10. The number of carbonyl (C=O) groups excluding carboxylic acids is 1. The summed E-state index contributed by atoms with van der Waals surface area (Å²) < 4.78 is 17.0. The SMILES string of the molecule is CCCOC(=O)c1ccc(OCCOc2ccccc2)c(Br)c1. The van der Waals surface area contributed by atoms with Crippen LogP contribution in [-0.2, 0) is 4.74 Å². The van der Waals surface area contributed by atoms with E-state index in [9.17, 15) is 4.79 Å². The van der Waals surface area contributed by atoms with Gasteiger partial charge in [-0.25, -0.2) is 4.79 Å². The maximum Gasteiger partial charge on any atom is 0.338 e. The molecule has 2 aromatic carbocycles. The molecule has 0 unspecified atom stereocenters. The van der Waals surface area contributed by atoms with Crippen LogP contribution in [0.1, 0.15) is 23.7 Å². The Kier molecular flexibility index (Phi) is 6.94. The van der Waals surface area contributed by atoms with Gasteiger partial charge in [0.2, 0.25) is 0 Å². The van der Waals surface area contributed by atoms with Gasteiger partial charge < -0.3 is 14.2 Å². The first-order chi connectivity index (χ1) is 11.2. The molecule has 0 aliphatic rings. The van der Waals surface area contributed by atoms with E-state index in [1.165, 1.54) is 0 Å². The molecular formula is C18H19BrO4. The van der Waals surface area contributed by atoms with Crippen LogP contribution in [0.15, 0.2) is 53.0 Å². The van der Waals surface area contributed by atoms with Crippen molar-refractivity contribution in [2.24, 2.45) is 0 Å². The second-order valence-corrected chi connectivity index (χ2v) is 5.65. The van der Waals surface area contributed by atoms with Crippen LogP contribution < -0.4 is 9.47 Å². The molecule has 0 saturated heterocycles. The highest BCUT2D eigenvalue weighted by atomic mass is 79.9. The second kappa shape index (κ2) is 9.20. The molecule has 0 radical (unpaired) electrons. The van der Waals surface area contributed by atoms with Crippen molar-refractivity contribution in [3.63, 3.8) is 0 Å². The summed E-state index contributed by atoms with van der Waals surface area (Å²) in [5, 5.41) is 0. The monoisotopic (exact) mass is 378 g/mol. The van der Waals surface area contributed by atoms with Crippen LogP contribution in [0.4, 0.5) is 0 Å². The van der Waals surface area contributed by atoms with Gasteiger partial charge in [-0.3, -0.25) is 0 Å². The summed E-state index contributed by atoms with van der Waals surface area (Å²) in [4.78, 5) is 11.8. The van der Waals surface area contributed by atoms with Crippen molar-refractivity contribution in [1.82, 2.24) is 0 Å². The first-order valence-electron chi connectivity index (χ1n) is 7.48. The highest BCUT2D eigenvalue weighted by Crippen LogP contribution is 2.26. The summed E-state index contributed by atoms with van der Waals surface area (Å²) in [6.07, 6.45) is 0.801. The standard InChI is InChI=1S/C18H19BrO4/c1-2-10-23-18(20)14-8-9-17(16(19)13-14)22-12-11-21-15-6-4-3-5-7-15/h3-9,13H,2,10-12H2,1H3. The van der Waals surface area contributed by atoms with Crippen LogP contribution in [0.25, 0.3) is 0 Å². The van der Waals surface area contributed by atoms with E-state index >= 15 is 0 Å². The predicted molar refractivity (Wildman–Crippen MR) is 92.1 cm³/mol. The number of esters is 1. The Morgan fingerprint density at radius 1 is 1.00 bits per heavy atom. The molecule has 4 nitrogen and oxygen atoms in total. The lowest BCUT2D eigenvalue weighted by atomic mass is 10.2. The topological polar surface area (TPSA) is 44.8 Å². The fraction of sp³-hybridized carbons (Fsp3) is 0.278. The molecule has 0 N–H and O–H groups in total. The fourth-order valence-electron chi connectivity index (χ4n) is 1.85. The molecule has 2 aromatic rings. The number of carbonyl (C=O) groups is 1. The van der Waals surface area contributed by atoms with Crippen molar-refractivity contribution < 1.29 is 19.0 Å². The molecule has 122 valence electrons. The van der Waals surface area contributed by atoms with Crippen molar-refractivity contribution >= 4 is 21.9 Å². The van der Waals surface area contributed by atoms with Crippen LogP contribution in [0.2, 0.25) is 0 Å². The minimum absolute atomic E-state index is 0.327. The summed E-state index contributed by atoms with van der Waals surface area (Å²) in [7, 11) is 0. The normalized spacial score (nSPS) is 10.2. The molecule has 0 heterocycles. The number of halogens is 1. The number of rotatable bonds is 8. The molecule has 5 heteroatoms. The van der Waals surface area contributed by atoms with E-state index in [-0.39, 0.29) is 5.97 Å². The van der Waals surface area contributed by atoms with Crippen molar-refractivity contribution in [3.8, 4) is 11.5 Å². The van der Waals surface area contributed by atoms with E-state index in [0.29, 0.717) is 35.6 Å². The quantitative estimate of drug-likeness (QED) is 0.501. The molecule has 0 aliphatic carbocycles. The Morgan fingerprint density at radius 2 is 1.74 bits per heavy atom. The van der Waals surface area contributed by atoms with E-state index in [1.807, 2.05) is 37.3 Å². The minimum atomic E-state index is -0.327. The van der Waals surface area contributed by atoms with E-state index < -0.39 is 0 Å². The Bertz CT molecular complexity index is 628. The molecule has 0 amide bonds. The maximum atomic E-state index is 11.8. The zero-order chi connectivity index (χ0) is 16.5. The van der Waals surface area contributed by atoms with Crippen LogP contribution >= 0.6 is 15.9 Å². The van der Waals surface area contributed by atoms with Crippen molar-refractivity contribution in [1.29, 1.82) is 0 Å². The summed E-state index contributed by atoms with van der Waals surface area (Å²) in [6, 6.07) is 14.7. The Hall–Kier alpha value is -2.01. The van der Waals surface area contributed by atoms with Gasteiger partial charge in [0.15, 0.2) is 0 Å². The van der Waals surface area contributed by atoms with Gasteiger partial charge in [0.25, 0.3) is 0 Å². The average molecular weight is 379 g/mol. The van der Waals surface area contributed by atoms with Gasteiger partial charge in [0.05, 0.1) is 16.6 Å². The molecule has 2 rings (SSSR count). The van der Waals surface area contributed by atoms with Crippen LogP contribution in [0, 0.1) is 0 Å². The van der Waals surface area contributed by atoms with Crippen molar-refractivity contribution in [2.45, 2.75) is 13.3 Å². The average Bonchev–Trinajstić information content (AvgIpc) is 2.58. The fourth-order valence-corrected chi connectivity index (χ4v) is 2.34. The zero-order valence-corrected chi connectivity index (χ0v) is 14.5. The molecule has 0 aliphatic heterocycles. The minimum Gasteiger partial charge on any atom is -0.490 e. The smallest absolute Gasteiger partial charge is 0.338 e. The van der Waals surface area contributed by atoms with Gasteiger partial charge in [0, 0.05) is 0 Å². The lowest BCUT2D eigenvalue weighted by Crippen LogP contribution is -2.10. The largest absolute Gasteiger partial charge is 0.490 e. The Balaban J connectivity index is 1.82. The summed E-state index contributed by atoms with van der Waals surface area (Å²) in [5.41, 5.74) is 0.498. The lowest BCUT2D eigenvalue weighted by molar-refractivity contribution is 0.0505. The summed E-state index contributed by atoms with van der Waals surface area (Å²) in [5.74, 6) is 1.14. The molecule has 0 saturated carbocycles. The van der Waals surface area contributed by atoms with Crippen molar-refractivity contribution in [3.05, 3.63) is 58.6 Å². The van der Waals surface area contributed by atoms with E-state index in [0.717, 1.165) is 12.2 Å². The van der Waals surface area contributed by atoms with Gasteiger partial charge in [-0.05, 0) is 52.7 Å². The number of para-hydroxylation sites is 1. The van der Waals surface area contributed by atoms with Crippen LogP contribution in [-0.4, -0.2) is 25.8 Å². The lowest BCUT2D eigenvalue weighted by Gasteiger charge is -2.10. The number of hydrogen-bond donors (Lipinski definition) is 0. The summed E-state index contributed by atoms with van der Waals surface area (Å²) in [6.45, 7) is 3.23. The molecule has 0 spiro atoms. The number of ether oxygens (including phenoxy) is 3. The maximum absolute atomic E-state index is 11.8. The summed E-state index contributed by atoms with van der Waals surface area (Å²) >= 11 is 3.41. The Morgan fingerprint density at radius 3 is 2.43 bits per heavy atom. The third kappa shape index (κ3) is 5.60. The highest BCUT2D eigenvalue weighted by molar-refractivity contribution is 9.10. The predicted octanol–water partition coefficient (Wildman–Crippen LogP) is 4.47. The molecular weight excluding hydrogens is 360 g/mol. The number of hydrogen-bond acceptors (Lipinski definition) is 4. The molecule has 0 bridgehead atoms. The zero-order valence-electron chi connectivity index (χ0n) is 13.0. The molecule has 0 fully saturated rings. The van der Waals surface area contributed by atoms with E-state index in [2.05, 4.69) is 15.9 Å². The van der Waals surface area contributed by atoms with Crippen molar-refractivity contribution in [2.75, 3.05) is 19.8 Å². The van der Waals surface area contributed by atoms with E-state index in [1.54, 1.807) is 18.2 Å². The van der Waals surface area contributed by atoms with Crippen LogP contribution in [0.5, 0.6) is 11.5 Å².